The van der Waals surface area contributed by atoms with E-state index < -0.39 is 22.4 Å². The molecule has 0 N–H and O–H groups in total. The van der Waals surface area contributed by atoms with Gasteiger partial charge in [0.25, 0.3) is 0 Å². The first-order valence-electron chi connectivity index (χ1n) is 16.3. The first-order chi connectivity index (χ1) is 18.5. The summed E-state index contributed by atoms with van der Waals surface area (Å²) in [5.74, 6) is 0.378. The van der Waals surface area contributed by atoms with Crippen molar-refractivity contribution in [2.24, 2.45) is 11.8 Å². The minimum Gasteiger partial charge on any atom is -0.412 e. The van der Waals surface area contributed by atoms with E-state index in [-0.39, 0.29) is 5.92 Å². The second-order valence-electron chi connectivity index (χ2n) is 15.0. The zero-order valence-corrected chi connectivity index (χ0v) is 30.1. The molecular formula is C34H61O4Si2. The van der Waals surface area contributed by atoms with Crippen LogP contribution < -0.4 is 0 Å². The van der Waals surface area contributed by atoms with Crippen LogP contribution in [0.1, 0.15) is 122 Å². The van der Waals surface area contributed by atoms with Crippen molar-refractivity contribution in [2.75, 3.05) is 6.61 Å². The van der Waals surface area contributed by atoms with Crippen molar-refractivity contribution in [1.29, 1.82) is 0 Å². The van der Waals surface area contributed by atoms with Crippen molar-refractivity contribution < 1.29 is 18.4 Å². The summed E-state index contributed by atoms with van der Waals surface area (Å²) in [5, 5.41) is 0. The largest absolute Gasteiger partial charge is 0.412 e. The summed E-state index contributed by atoms with van der Waals surface area (Å²) in [7, 11) is -4.14. The Labute approximate surface area is 249 Å². The smallest absolute Gasteiger partial charge is 0.204 e. The molecule has 2 bridgehead atoms. The summed E-state index contributed by atoms with van der Waals surface area (Å²) in [6.45, 7) is 31.1. The van der Waals surface area contributed by atoms with Crippen LogP contribution in [0.4, 0.5) is 0 Å². The molecule has 0 amide bonds. The molecule has 3 aliphatic rings. The number of carbonyl (C=O) groups excluding carboxylic acids is 1. The quantitative estimate of drug-likeness (QED) is 0.149. The molecule has 0 spiro atoms. The third-order valence-corrected chi connectivity index (χ3v) is 22.8. The molecule has 229 valence electrons. The summed E-state index contributed by atoms with van der Waals surface area (Å²) in [6, 6.07) is 0. The Balaban J connectivity index is 1.94. The Kier molecular flexibility index (Phi) is 11.0. The van der Waals surface area contributed by atoms with E-state index in [4.69, 9.17) is 13.6 Å². The summed E-state index contributed by atoms with van der Waals surface area (Å²) < 4.78 is 21.3. The molecule has 0 unspecified atom stereocenters. The molecular weight excluding hydrogens is 529 g/mol. The van der Waals surface area contributed by atoms with Gasteiger partial charge in [-0.1, -0.05) is 102 Å². The number of ether oxygens (including phenoxy) is 1. The standard InChI is InChI=1S/C34H61O4Si2/c1-22(2)39(23(3)4,24(5)6)36-21-29(17-30-15-14-16-32(30)35)18-31-20-34(19-28(13)33(31)37-34)38-40(25(7)8,26(9)10)27(11)12/h15,18,22-28,31H,14,16-17,19-21H2,1-13H3/b29-18+/t28-,31+,34-/m1/s1. The highest BCUT2D eigenvalue weighted by molar-refractivity contribution is 6.78. The van der Waals surface area contributed by atoms with Crippen LogP contribution in [-0.2, 0) is 18.4 Å². The van der Waals surface area contributed by atoms with Crippen molar-refractivity contribution in [2.45, 2.75) is 161 Å². The molecule has 0 aromatic carbocycles. The molecule has 0 aromatic heterocycles. The van der Waals surface area contributed by atoms with Gasteiger partial charge in [-0.15, -0.1) is 0 Å². The van der Waals surface area contributed by atoms with Crippen molar-refractivity contribution >= 4 is 22.4 Å². The van der Waals surface area contributed by atoms with Gasteiger partial charge in [-0.3, -0.25) is 4.79 Å². The lowest BCUT2D eigenvalue weighted by atomic mass is 9.79. The molecule has 2 saturated heterocycles. The fourth-order valence-electron chi connectivity index (χ4n) is 9.07. The minimum atomic E-state index is -2.11. The van der Waals surface area contributed by atoms with Gasteiger partial charge in [0.15, 0.2) is 11.6 Å². The van der Waals surface area contributed by atoms with Crippen molar-refractivity contribution in [3.63, 3.8) is 0 Å². The van der Waals surface area contributed by atoms with Crippen LogP contribution in [0.25, 0.3) is 0 Å². The van der Waals surface area contributed by atoms with Gasteiger partial charge in [0, 0.05) is 25.2 Å². The molecule has 3 rings (SSSR count). The first-order valence-corrected chi connectivity index (χ1v) is 20.6. The second kappa shape index (κ2) is 13.0. The maximum atomic E-state index is 12.7. The SMILES string of the molecule is CC(C)[Si](OC/C(=C/[C@H]1C[C@]2(O[Si](C(C)C)(C(C)C)C(C)C)C[C@@H](C)[C]1O2)CC1=CCCC1=O)(C(C)C)C(C)C. The number of Topliss-reactive ketones (excluding diaryl/α,β-unsaturated/α-hetero) is 1. The molecule has 40 heavy (non-hydrogen) atoms. The second-order valence-corrected chi connectivity index (χ2v) is 25.9. The van der Waals surface area contributed by atoms with E-state index in [0.29, 0.717) is 64.4 Å². The molecule has 2 fully saturated rings. The number of hydrogen-bond acceptors (Lipinski definition) is 4. The third-order valence-electron chi connectivity index (χ3n) is 10.6. The number of hydrogen-bond donors (Lipinski definition) is 0. The average molecular weight is 590 g/mol. The highest BCUT2D eigenvalue weighted by Gasteiger charge is 2.61. The number of carbonyl (C=O) groups is 1. The molecule has 4 nitrogen and oxygen atoms in total. The highest BCUT2D eigenvalue weighted by Crippen LogP contribution is 2.59. The number of allylic oxidation sites excluding steroid dienone is 2. The Morgan fingerprint density at radius 1 is 0.900 bits per heavy atom. The highest BCUT2D eigenvalue weighted by atomic mass is 28.4. The summed E-state index contributed by atoms with van der Waals surface area (Å²) in [5.41, 5.74) is 5.35. The van der Waals surface area contributed by atoms with Gasteiger partial charge in [0.2, 0.25) is 16.6 Å². The summed E-state index contributed by atoms with van der Waals surface area (Å²) >= 11 is 0. The fraction of sp³-hybridized carbons (Fsp3) is 0.824. The van der Waals surface area contributed by atoms with Gasteiger partial charge < -0.3 is 13.6 Å². The molecule has 0 saturated carbocycles. The van der Waals surface area contributed by atoms with Crippen LogP contribution in [0.5, 0.6) is 0 Å². The van der Waals surface area contributed by atoms with Gasteiger partial charge in [-0.2, -0.15) is 0 Å². The molecule has 6 heteroatoms. The van der Waals surface area contributed by atoms with E-state index >= 15 is 0 Å². The third kappa shape index (κ3) is 6.37. The van der Waals surface area contributed by atoms with E-state index in [1.807, 2.05) is 0 Å². The maximum Gasteiger partial charge on any atom is 0.204 e. The molecule has 2 aliphatic heterocycles. The van der Waals surface area contributed by atoms with Crippen LogP contribution in [0, 0.1) is 17.9 Å². The lowest BCUT2D eigenvalue weighted by Crippen LogP contribution is -2.54. The molecule has 0 aromatic rings. The Morgan fingerprint density at radius 3 is 1.88 bits per heavy atom. The fourth-order valence-corrected chi connectivity index (χ4v) is 20.1. The first kappa shape index (κ1) is 34.0. The molecule has 1 radical (unpaired) electrons. The molecule has 3 atom stereocenters. The van der Waals surface area contributed by atoms with E-state index in [0.717, 1.165) is 24.8 Å². The van der Waals surface area contributed by atoms with Gasteiger partial charge in [-0.25, -0.2) is 0 Å². The Morgan fingerprint density at radius 2 is 1.43 bits per heavy atom. The van der Waals surface area contributed by atoms with Crippen LogP contribution in [0.15, 0.2) is 23.3 Å². The summed E-state index contributed by atoms with van der Waals surface area (Å²) in [6.07, 6.45) is 9.81. The van der Waals surface area contributed by atoms with Crippen molar-refractivity contribution in [1.82, 2.24) is 0 Å². The Bertz CT molecular complexity index is 904. The van der Waals surface area contributed by atoms with Crippen molar-refractivity contribution in [3.05, 3.63) is 29.4 Å². The topological polar surface area (TPSA) is 44.8 Å². The van der Waals surface area contributed by atoms with Crippen LogP contribution >= 0.6 is 0 Å². The molecule has 2 heterocycles. The Hall–Kier alpha value is -0.536. The van der Waals surface area contributed by atoms with Crippen molar-refractivity contribution in [3.8, 4) is 0 Å². The van der Waals surface area contributed by atoms with Gasteiger partial charge in [-0.05, 0) is 63.2 Å². The predicted octanol–water partition coefficient (Wildman–Crippen LogP) is 10.3. The van der Waals surface area contributed by atoms with Gasteiger partial charge in [0.05, 0.1) is 6.61 Å². The minimum absolute atomic E-state index is 0.214. The van der Waals surface area contributed by atoms with Gasteiger partial charge >= 0.3 is 0 Å². The number of rotatable bonds is 14. The molecule has 1 aliphatic carbocycles. The average Bonchev–Trinajstić information content (AvgIpc) is 3.48. The van der Waals surface area contributed by atoms with Crippen LogP contribution in [0.3, 0.4) is 0 Å². The zero-order chi connectivity index (χ0) is 30.2. The van der Waals surface area contributed by atoms with E-state index in [1.54, 1.807) is 0 Å². The lowest BCUT2D eigenvalue weighted by Gasteiger charge is -2.47. The maximum absolute atomic E-state index is 12.7. The summed E-state index contributed by atoms with van der Waals surface area (Å²) in [4.78, 5) is 12.7. The van der Waals surface area contributed by atoms with E-state index in [2.05, 4.69) is 102 Å². The van der Waals surface area contributed by atoms with E-state index in [9.17, 15) is 4.79 Å². The zero-order valence-electron chi connectivity index (χ0n) is 28.1. The number of ketones is 1. The lowest BCUT2D eigenvalue weighted by molar-refractivity contribution is -0.130. The normalized spacial score (nSPS) is 26.7. The monoisotopic (exact) mass is 589 g/mol. The van der Waals surface area contributed by atoms with E-state index in [1.165, 1.54) is 11.7 Å². The predicted molar refractivity (Wildman–Crippen MR) is 173 cm³/mol. The van der Waals surface area contributed by atoms with Gasteiger partial charge in [0.1, 0.15) is 6.10 Å². The van der Waals surface area contributed by atoms with Crippen LogP contribution in [-0.4, -0.2) is 34.8 Å². The van der Waals surface area contributed by atoms with Crippen LogP contribution in [0.2, 0.25) is 33.2 Å². The number of fused-ring (bicyclic) bond motifs is 2.